The third kappa shape index (κ3) is 3.23. The van der Waals surface area contributed by atoms with E-state index in [-0.39, 0.29) is 38.2 Å². The number of carbonyl (C=O) groups is 2. The molecule has 41 heavy (non-hydrogen) atoms. The number of imidazole rings is 1. The zero-order chi connectivity index (χ0) is 27.9. The third-order valence-electron chi connectivity index (χ3n) is 7.92. The minimum Gasteiger partial charge on any atom is -0.467 e. The molecule has 0 saturated carbocycles. The number of carbonyl (C=O) groups excluding carboxylic acids is 2. The minimum absolute atomic E-state index is 0.0364. The van der Waals surface area contributed by atoms with E-state index in [1.807, 2.05) is 24.3 Å². The molecular formula is C28H21FN8O4. The molecule has 0 saturated heterocycles. The van der Waals surface area contributed by atoms with Crippen LogP contribution in [0.25, 0.3) is 17.0 Å². The maximum Gasteiger partial charge on any atom is 0.243 e. The molecule has 12 nitrogen and oxygen atoms in total. The zero-order valence-corrected chi connectivity index (χ0v) is 21.6. The number of aryl methyl sites for hydroxylation is 1. The molecule has 0 radical (unpaired) electrons. The highest BCUT2D eigenvalue weighted by Crippen LogP contribution is 2.54. The predicted molar refractivity (Wildman–Crippen MR) is 142 cm³/mol. The van der Waals surface area contributed by atoms with Crippen LogP contribution >= 0.6 is 0 Å². The van der Waals surface area contributed by atoms with Crippen LogP contribution in [0.4, 0.5) is 15.9 Å². The number of aromatic amines is 1. The summed E-state index contributed by atoms with van der Waals surface area (Å²) in [4.78, 5) is 45.5. The third-order valence-corrected chi connectivity index (χ3v) is 7.92. The first-order valence-electron chi connectivity index (χ1n) is 12.9. The summed E-state index contributed by atoms with van der Waals surface area (Å²) in [5, 5.41) is 7.67. The van der Waals surface area contributed by atoms with Gasteiger partial charge in [-0.2, -0.15) is 9.78 Å². The quantitative estimate of drug-likeness (QED) is 0.348. The molecular weight excluding hydrogens is 531 g/mol. The second kappa shape index (κ2) is 8.41. The molecule has 2 amide bonds. The van der Waals surface area contributed by atoms with Crippen molar-refractivity contribution in [2.75, 3.05) is 17.0 Å². The molecule has 0 bridgehead atoms. The van der Waals surface area contributed by atoms with Crippen molar-refractivity contribution in [2.24, 2.45) is 0 Å². The van der Waals surface area contributed by atoms with Gasteiger partial charge in [0.1, 0.15) is 34.6 Å². The van der Waals surface area contributed by atoms with Crippen molar-refractivity contribution in [1.29, 1.82) is 0 Å². The van der Waals surface area contributed by atoms with Gasteiger partial charge in [-0.05, 0) is 30.7 Å². The molecule has 2 aromatic carbocycles. The first-order chi connectivity index (χ1) is 20.0. The Hall–Kier alpha value is -5.17. The number of nitrogens with one attached hydrogen (secondary N) is 2. The minimum atomic E-state index is -1.35. The highest BCUT2D eigenvalue weighted by atomic mass is 19.1. The molecule has 3 aliphatic heterocycles. The van der Waals surface area contributed by atoms with E-state index >= 15 is 0 Å². The summed E-state index contributed by atoms with van der Waals surface area (Å²) < 4.78 is 27.2. The number of nitrogens with zero attached hydrogens (tertiary/aromatic N) is 6. The number of hydrogen-bond donors (Lipinski definition) is 2. The topological polar surface area (TPSA) is 140 Å². The van der Waals surface area contributed by atoms with Crippen LogP contribution in [0, 0.1) is 12.7 Å². The van der Waals surface area contributed by atoms with Gasteiger partial charge < -0.3 is 24.7 Å². The maximum absolute atomic E-state index is 14.7. The molecule has 1 spiro atoms. The first-order valence-corrected chi connectivity index (χ1v) is 12.9. The highest BCUT2D eigenvalue weighted by molar-refractivity contribution is 6.16. The predicted octanol–water partition coefficient (Wildman–Crippen LogP) is 3.03. The monoisotopic (exact) mass is 552 g/mol. The van der Waals surface area contributed by atoms with Crippen LogP contribution in [0.15, 0.2) is 49.1 Å². The fraction of sp³-hybridized carbons (Fsp3) is 0.214. The highest BCUT2D eigenvalue weighted by Gasteiger charge is 2.58. The van der Waals surface area contributed by atoms with Gasteiger partial charge in [-0.1, -0.05) is 18.2 Å². The van der Waals surface area contributed by atoms with E-state index in [1.54, 1.807) is 11.8 Å². The van der Waals surface area contributed by atoms with Crippen molar-refractivity contribution in [3.63, 3.8) is 0 Å². The van der Waals surface area contributed by atoms with E-state index in [1.165, 1.54) is 29.5 Å². The van der Waals surface area contributed by atoms with Crippen LogP contribution < -0.4 is 15.0 Å². The van der Waals surface area contributed by atoms with Gasteiger partial charge in [0.15, 0.2) is 18.3 Å². The van der Waals surface area contributed by atoms with Gasteiger partial charge in [-0.25, -0.2) is 19.3 Å². The van der Waals surface area contributed by atoms with Gasteiger partial charge in [-0.3, -0.25) is 9.59 Å². The SMILES string of the molecule is Cc1nn(-c2ncnc3nc[nH]c23)c2c1[C@]1(CC(=O)N2)C(=O)N(Cc2cc(F)cc3c2OCOC3)c2ccccc21. The fourth-order valence-electron chi connectivity index (χ4n) is 6.36. The molecule has 1 atom stereocenters. The smallest absolute Gasteiger partial charge is 0.243 e. The first kappa shape index (κ1) is 23.7. The summed E-state index contributed by atoms with van der Waals surface area (Å²) in [7, 11) is 0. The molecule has 2 N–H and O–H groups in total. The molecule has 8 rings (SSSR count). The zero-order valence-electron chi connectivity index (χ0n) is 21.6. The van der Waals surface area contributed by atoms with E-state index in [0.29, 0.717) is 62.2 Å². The van der Waals surface area contributed by atoms with Gasteiger partial charge in [0.2, 0.25) is 11.8 Å². The van der Waals surface area contributed by atoms with Crippen molar-refractivity contribution < 1.29 is 23.5 Å². The number of anilines is 2. The molecule has 0 fully saturated rings. The summed E-state index contributed by atoms with van der Waals surface area (Å²) in [5.41, 5.74) is 3.15. The standard InChI is InChI=1S/C28H21FN8O4/c1-14-21-25(37(35-14)26-22-24(31-11-30-22)32-12-33-26)34-20(38)8-28(21)18-4-2-3-5-19(18)36(27(28)39)9-15-6-17(29)7-16-10-40-13-41-23(15)16/h2-7,11-12H,8-10,13H2,1H3,(H,34,38)(H,30,31,32,33)/t28-/m1/s1. The number of benzene rings is 2. The number of para-hydroxylation sites is 1. The Morgan fingerprint density at radius 1 is 1.15 bits per heavy atom. The van der Waals surface area contributed by atoms with Crippen molar-refractivity contribution in [3.05, 3.63) is 82.8 Å². The number of halogens is 1. The summed E-state index contributed by atoms with van der Waals surface area (Å²) in [6.45, 7) is 2.09. The lowest BCUT2D eigenvalue weighted by molar-refractivity contribution is -0.126. The molecule has 5 aromatic rings. The van der Waals surface area contributed by atoms with Crippen LogP contribution in [0.2, 0.25) is 0 Å². The lowest BCUT2D eigenvalue weighted by atomic mass is 9.70. The Morgan fingerprint density at radius 3 is 2.93 bits per heavy atom. The van der Waals surface area contributed by atoms with E-state index in [9.17, 15) is 14.0 Å². The molecule has 3 aromatic heterocycles. The number of amides is 2. The molecule has 3 aliphatic rings. The van der Waals surface area contributed by atoms with Crippen molar-refractivity contribution in [2.45, 2.75) is 31.9 Å². The van der Waals surface area contributed by atoms with E-state index in [0.717, 1.165) is 0 Å². The van der Waals surface area contributed by atoms with Gasteiger partial charge in [-0.15, -0.1) is 0 Å². The van der Waals surface area contributed by atoms with Crippen molar-refractivity contribution >= 4 is 34.5 Å². The number of ether oxygens (including phenoxy) is 2. The van der Waals surface area contributed by atoms with Crippen LogP contribution in [-0.4, -0.2) is 48.3 Å². The number of rotatable bonds is 3. The van der Waals surface area contributed by atoms with Gasteiger partial charge in [0.25, 0.3) is 0 Å². The average Bonchev–Trinajstić information content (AvgIpc) is 3.64. The molecule has 13 heteroatoms. The lowest BCUT2D eigenvalue weighted by Gasteiger charge is -2.33. The normalized spacial score (nSPS) is 19.2. The fourth-order valence-corrected chi connectivity index (χ4v) is 6.36. The van der Waals surface area contributed by atoms with Crippen molar-refractivity contribution in [3.8, 4) is 11.6 Å². The summed E-state index contributed by atoms with van der Waals surface area (Å²) in [6.07, 6.45) is 2.75. The molecule has 204 valence electrons. The second-order valence-electron chi connectivity index (χ2n) is 10.2. The Kier molecular flexibility index (Phi) is 4.86. The van der Waals surface area contributed by atoms with Gasteiger partial charge in [0, 0.05) is 28.8 Å². The Labute approximate surface area is 231 Å². The van der Waals surface area contributed by atoms with Crippen LogP contribution in [0.5, 0.6) is 5.75 Å². The van der Waals surface area contributed by atoms with E-state index in [4.69, 9.17) is 14.6 Å². The summed E-state index contributed by atoms with van der Waals surface area (Å²) in [6, 6.07) is 10.1. The van der Waals surface area contributed by atoms with Crippen LogP contribution in [0.1, 0.15) is 34.4 Å². The lowest BCUT2D eigenvalue weighted by Crippen LogP contribution is -2.46. The molecule has 6 heterocycles. The van der Waals surface area contributed by atoms with Crippen LogP contribution in [0.3, 0.4) is 0 Å². The summed E-state index contributed by atoms with van der Waals surface area (Å²) >= 11 is 0. The Balaban J connectivity index is 1.32. The van der Waals surface area contributed by atoms with Gasteiger partial charge in [0.05, 0.1) is 25.2 Å². The van der Waals surface area contributed by atoms with Gasteiger partial charge >= 0.3 is 0 Å². The number of fused-ring (bicyclic) bond motifs is 6. The Morgan fingerprint density at radius 2 is 2.02 bits per heavy atom. The maximum atomic E-state index is 14.7. The van der Waals surface area contributed by atoms with Crippen LogP contribution in [-0.2, 0) is 32.9 Å². The number of hydrogen-bond acceptors (Lipinski definition) is 8. The summed E-state index contributed by atoms with van der Waals surface area (Å²) in [5.74, 6) is 0.132. The molecule has 0 unspecified atom stereocenters. The average molecular weight is 553 g/mol. The Bertz CT molecular complexity index is 1930. The number of H-pyrrole nitrogens is 1. The second-order valence-corrected chi connectivity index (χ2v) is 10.2. The van der Waals surface area contributed by atoms with Crippen molar-refractivity contribution in [1.82, 2.24) is 29.7 Å². The molecule has 0 aliphatic carbocycles. The number of aromatic nitrogens is 6. The van der Waals surface area contributed by atoms with E-state index < -0.39 is 11.2 Å². The largest absolute Gasteiger partial charge is 0.467 e. The van der Waals surface area contributed by atoms with E-state index in [2.05, 4.69) is 25.3 Å².